The zero-order chi connectivity index (χ0) is 28.9. The van der Waals surface area contributed by atoms with Crippen molar-refractivity contribution < 1.29 is 19.1 Å². The number of thiophene rings is 1. The average Bonchev–Trinajstić information content (AvgIpc) is 3.61. The molecule has 0 bridgehead atoms. The van der Waals surface area contributed by atoms with E-state index in [4.69, 9.17) is 14.5 Å². The van der Waals surface area contributed by atoms with Gasteiger partial charge in [-0.05, 0) is 53.9 Å². The highest BCUT2D eigenvalue weighted by Crippen LogP contribution is 2.45. The molecule has 3 N–H and O–H groups in total. The first-order valence-electron chi connectivity index (χ1n) is 14.3. The van der Waals surface area contributed by atoms with E-state index in [1.807, 2.05) is 29.2 Å². The van der Waals surface area contributed by atoms with E-state index >= 15 is 0 Å². The van der Waals surface area contributed by atoms with Crippen molar-refractivity contribution in [3.63, 3.8) is 0 Å². The second-order valence-corrected chi connectivity index (χ2v) is 12.5. The largest absolute Gasteiger partial charge is 0.383 e. The first-order chi connectivity index (χ1) is 20.6. The third-order valence-electron chi connectivity index (χ3n) is 7.56. The molecule has 6 rings (SSSR count). The molecule has 220 valence electrons. The fourth-order valence-corrected chi connectivity index (χ4v) is 7.69. The van der Waals surface area contributed by atoms with E-state index in [9.17, 15) is 9.59 Å². The van der Waals surface area contributed by atoms with Crippen molar-refractivity contribution in [2.45, 2.75) is 19.4 Å². The number of benzene rings is 2. The summed E-state index contributed by atoms with van der Waals surface area (Å²) in [7, 11) is 1.67. The number of nitrogens with one attached hydrogen (secondary N) is 3. The van der Waals surface area contributed by atoms with E-state index in [1.54, 1.807) is 29.8 Å². The zero-order valence-corrected chi connectivity index (χ0v) is 25.3. The molecule has 0 aliphatic carbocycles. The lowest BCUT2D eigenvalue weighted by atomic mass is 10.0. The number of fused-ring (bicyclic) bond motifs is 2. The van der Waals surface area contributed by atoms with Crippen LogP contribution in [0.5, 0.6) is 0 Å². The number of hydrogen-bond acceptors (Lipinski definition) is 9. The summed E-state index contributed by atoms with van der Waals surface area (Å²) in [4.78, 5) is 33.8. The second kappa shape index (κ2) is 13.4. The summed E-state index contributed by atoms with van der Waals surface area (Å²) in [5, 5.41) is 11.7. The van der Waals surface area contributed by atoms with Gasteiger partial charge in [-0.15, -0.1) is 22.7 Å². The molecule has 0 spiro atoms. The zero-order valence-electron chi connectivity index (χ0n) is 23.7. The molecule has 0 unspecified atom stereocenters. The van der Waals surface area contributed by atoms with E-state index in [2.05, 4.69) is 34.1 Å². The van der Waals surface area contributed by atoms with Crippen molar-refractivity contribution in [3.8, 4) is 21.7 Å². The van der Waals surface area contributed by atoms with E-state index in [1.165, 1.54) is 10.4 Å². The molecule has 42 heavy (non-hydrogen) atoms. The Morgan fingerprint density at radius 1 is 1.07 bits per heavy atom. The fraction of sp³-hybridized carbons (Fsp3) is 0.387. The molecule has 2 amide bonds. The van der Waals surface area contributed by atoms with Crippen LogP contribution in [0.4, 0.5) is 5.00 Å². The normalized spacial score (nSPS) is 15.1. The lowest BCUT2D eigenvalue weighted by molar-refractivity contribution is -0.116. The number of amides is 2. The van der Waals surface area contributed by atoms with Gasteiger partial charge in [0.15, 0.2) is 0 Å². The molecule has 4 heterocycles. The van der Waals surface area contributed by atoms with Gasteiger partial charge in [0.1, 0.15) is 10.0 Å². The van der Waals surface area contributed by atoms with Gasteiger partial charge in [0.05, 0.1) is 30.0 Å². The van der Waals surface area contributed by atoms with Crippen LogP contribution < -0.4 is 16.0 Å². The van der Waals surface area contributed by atoms with E-state index in [-0.39, 0.29) is 11.8 Å². The van der Waals surface area contributed by atoms with Crippen LogP contribution in [0.25, 0.3) is 31.9 Å². The SMILES string of the molecule is COCCNCCC(=O)Nc1sc2c(c1-c1nc3ccc(-c4ccc(C(=O)N5CCOCC5)cc4)cc3s1)CCNC2. The van der Waals surface area contributed by atoms with Crippen LogP contribution in [0, 0.1) is 0 Å². The highest BCUT2D eigenvalue weighted by molar-refractivity contribution is 7.23. The first kappa shape index (κ1) is 28.9. The molecule has 0 radical (unpaired) electrons. The van der Waals surface area contributed by atoms with Crippen LogP contribution in [0.2, 0.25) is 0 Å². The molecular weight excluding hydrogens is 571 g/mol. The molecule has 0 saturated carbocycles. The predicted molar refractivity (Wildman–Crippen MR) is 168 cm³/mol. The maximum Gasteiger partial charge on any atom is 0.254 e. The van der Waals surface area contributed by atoms with Crippen LogP contribution >= 0.6 is 22.7 Å². The Labute approximate surface area is 253 Å². The molecular formula is C31H35N5O4S2. The molecule has 4 aromatic rings. The van der Waals surface area contributed by atoms with Crippen LogP contribution in [0.3, 0.4) is 0 Å². The summed E-state index contributed by atoms with van der Waals surface area (Å²) in [5.41, 5.74) is 6.11. The van der Waals surface area contributed by atoms with Gasteiger partial charge in [-0.2, -0.15) is 0 Å². The van der Waals surface area contributed by atoms with Crippen molar-refractivity contribution in [2.24, 2.45) is 0 Å². The second-order valence-electron chi connectivity index (χ2n) is 10.4. The number of thiazole rings is 1. The number of morpholine rings is 1. The maximum absolute atomic E-state index is 12.9. The monoisotopic (exact) mass is 605 g/mol. The maximum atomic E-state index is 12.9. The Hall–Kier alpha value is -3.19. The minimum absolute atomic E-state index is 0.00771. The number of rotatable bonds is 10. The number of carbonyl (C=O) groups is 2. The van der Waals surface area contributed by atoms with E-state index in [0.29, 0.717) is 51.4 Å². The van der Waals surface area contributed by atoms with Crippen molar-refractivity contribution in [3.05, 3.63) is 58.5 Å². The molecule has 9 nitrogen and oxygen atoms in total. The third-order valence-corrected chi connectivity index (χ3v) is 9.74. The minimum Gasteiger partial charge on any atom is -0.383 e. The number of anilines is 1. The van der Waals surface area contributed by atoms with Crippen molar-refractivity contribution in [1.29, 1.82) is 0 Å². The predicted octanol–water partition coefficient (Wildman–Crippen LogP) is 4.37. The molecule has 11 heteroatoms. The van der Waals surface area contributed by atoms with Crippen LogP contribution in [-0.2, 0) is 27.2 Å². The summed E-state index contributed by atoms with van der Waals surface area (Å²) in [6.07, 6.45) is 1.30. The Bertz CT molecular complexity index is 1560. The molecule has 2 aromatic carbocycles. The molecule has 1 fully saturated rings. The number of ether oxygens (including phenoxy) is 2. The van der Waals surface area contributed by atoms with Gasteiger partial charge in [0.2, 0.25) is 5.91 Å². The number of methoxy groups -OCH3 is 1. The van der Waals surface area contributed by atoms with E-state index in [0.717, 1.165) is 63.0 Å². The first-order valence-corrected chi connectivity index (χ1v) is 16.0. The van der Waals surface area contributed by atoms with Crippen molar-refractivity contribution in [2.75, 3.05) is 65.0 Å². The average molecular weight is 606 g/mol. The number of hydrogen-bond donors (Lipinski definition) is 3. The number of nitrogens with zero attached hydrogens (tertiary/aromatic N) is 2. The van der Waals surface area contributed by atoms with Gasteiger partial charge < -0.3 is 30.3 Å². The molecule has 0 atom stereocenters. The summed E-state index contributed by atoms with van der Waals surface area (Å²) in [6, 6.07) is 14.1. The van der Waals surface area contributed by atoms with Gasteiger partial charge in [0, 0.05) is 62.3 Å². The van der Waals surface area contributed by atoms with Gasteiger partial charge in [0.25, 0.3) is 5.91 Å². The molecule has 2 aliphatic rings. The molecule has 2 aliphatic heterocycles. The Kier molecular flexibility index (Phi) is 9.23. The van der Waals surface area contributed by atoms with Crippen LogP contribution in [0.15, 0.2) is 42.5 Å². The van der Waals surface area contributed by atoms with E-state index < -0.39 is 0 Å². The lowest BCUT2D eigenvalue weighted by Gasteiger charge is -2.26. The highest BCUT2D eigenvalue weighted by Gasteiger charge is 2.25. The van der Waals surface area contributed by atoms with Crippen LogP contribution in [-0.4, -0.2) is 81.4 Å². The van der Waals surface area contributed by atoms with Crippen molar-refractivity contribution >= 4 is 49.7 Å². The number of carbonyl (C=O) groups excluding carboxylic acids is 2. The summed E-state index contributed by atoms with van der Waals surface area (Å²) in [6.45, 7) is 6.10. The minimum atomic E-state index is -0.00771. The molecule has 2 aromatic heterocycles. The third kappa shape index (κ3) is 6.41. The Balaban J connectivity index is 1.22. The van der Waals surface area contributed by atoms with Gasteiger partial charge >= 0.3 is 0 Å². The fourth-order valence-electron chi connectivity index (χ4n) is 5.30. The number of aromatic nitrogens is 1. The van der Waals surface area contributed by atoms with Crippen molar-refractivity contribution in [1.82, 2.24) is 20.5 Å². The topological polar surface area (TPSA) is 105 Å². The van der Waals surface area contributed by atoms with Gasteiger partial charge in [-0.25, -0.2) is 4.98 Å². The smallest absolute Gasteiger partial charge is 0.254 e. The summed E-state index contributed by atoms with van der Waals surface area (Å²) < 4.78 is 11.5. The lowest BCUT2D eigenvalue weighted by Crippen LogP contribution is -2.40. The molecule has 1 saturated heterocycles. The summed E-state index contributed by atoms with van der Waals surface area (Å²) >= 11 is 3.31. The standard InChI is InChI=1S/C31H35N5O4S2/c1-39-15-12-32-11-9-27(37)35-30-28(23-8-10-33-19-26(23)42-30)29-34-24-7-6-22(18-25(24)41-29)20-2-4-21(5-3-20)31(38)36-13-16-40-17-14-36/h2-7,18,32-33H,8-17,19H2,1H3,(H,35,37). The van der Waals surface area contributed by atoms with Crippen LogP contribution in [0.1, 0.15) is 27.2 Å². The Morgan fingerprint density at radius 3 is 2.69 bits per heavy atom. The van der Waals surface area contributed by atoms with Gasteiger partial charge in [-0.3, -0.25) is 9.59 Å². The quantitative estimate of drug-likeness (QED) is 0.231. The summed E-state index contributed by atoms with van der Waals surface area (Å²) in [5.74, 6) is 0.0404. The Morgan fingerprint density at radius 2 is 1.88 bits per heavy atom. The highest BCUT2D eigenvalue weighted by atomic mass is 32.1. The van der Waals surface area contributed by atoms with Gasteiger partial charge in [-0.1, -0.05) is 18.2 Å².